The smallest absolute Gasteiger partial charge is 0.265 e. The second-order valence-electron chi connectivity index (χ2n) is 6.11. The van der Waals surface area contributed by atoms with Crippen LogP contribution in [0, 0.1) is 5.82 Å². The molecule has 2 aromatic rings. The molecule has 0 N–H and O–H groups in total. The Hall–Kier alpha value is -2.89. The van der Waals surface area contributed by atoms with E-state index in [0.29, 0.717) is 17.0 Å². The zero-order valence-corrected chi connectivity index (χ0v) is 14.1. The van der Waals surface area contributed by atoms with Gasteiger partial charge in [0.1, 0.15) is 11.6 Å². The summed E-state index contributed by atoms with van der Waals surface area (Å²) in [6.07, 6.45) is -0.626. The highest BCUT2D eigenvalue weighted by molar-refractivity contribution is 5.98. The minimum atomic E-state index is -0.748. The normalized spacial score (nSPS) is 16.0. The van der Waals surface area contributed by atoms with Crippen molar-refractivity contribution in [3.8, 4) is 5.75 Å². The molecule has 1 aliphatic heterocycles. The third-order valence-corrected chi connectivity index (χ3v) is 4.06. The highest BCUT2D eigenvalue weighted by Crippen LogP contribution is 2.33. The Morgan fingerprint density at radius 2 is 1.84 bits per heavy atom. The molecule has 0 aliphatic carbocycles. The summed E-state index contributed by atoms with van der Waals surface area (Å²) in [5, 5.41) is 0. The van der Waals surface area contributed by atoms with E-state index in [0.717, 1.165) is 0 Å². The van der Waals surface area contributed by atoms with Crippen LogP contribution in [0.1, 0.15) is 5.56 Å². The number of benzene rings is 2. The first-order chi connectivity index (χ1) is 12.0. The van der Waals surface area contributed by atoms with Crippen molar-refractivity contribution >= 4 is 17.5 Å². The molecule has 0 radical (unpaired) electrons. The second kappa shape index (κ2) is 6.93. The molecule has 0 bridgehead atoms. The molecule has 5 nitrogen and oxygen atoms in total. The van der Waals surface area contributed by atoms with Crippen LogP contribution < -0.4 is 9.64 Å². The molecule has 0 saturated carbocycles. The van der Waals surface area contributed by atoms with Crippen LogP contribution in [-0.2, 0) is 16.0 Å². The quantitative estimate of drug-likeness (QED) is 0.860. The summed E-state index contributed by atoms with van der Waals surface area (Å²) in [4.78, 5) is 28.1. The molecule has 3 rings (SSSR count). The van der Waals surface area contributed by atoms with E-state index in [1.807, 2.05) is 6.07 Å². The molecule has 0 spiro atoms. The van der Waals surface area contributed by atoms with Gasteiger partial charge in [0.25, 0.3) is 5.91 Å². The first-order valence-electron chi connectivity index (χ1n) is 7.97. The second-order valence-corrected chi connectivity index (χ2v) is 6.11. The van der Waals surface area contributed by atoms with Crippen molar-refractivity contribution in [3.05, 3.63) is 59.9 Å². The summed E-state index contributed by atoms with van der Waals surface area (Å²) in [5.41, 5.74) is 1.35. The fourth-order valence-electron chi connectivity index (χ4n) is 2.76. The summed E-state index contributed by atoms with van der Waals surface area (Å²) in [6.45, 7) is 0.147. The van der Waals surface area contributed by atoms with E-state index in [-0.39, 0.29) is 30.6 Å². The summed E-state index contributed by atoms with van der Waals surface area (Å²) < 4.78 is 18.8. The van der Waals surface area contributed by atoms with Crippen LogP contribution in [0.5, 0.6) is 5.75 Å². The Morgan fingerprint density at radius 1 is 1.16 bits per heavy atom. The molecule has 2 amide bonds. The maximum absolute atomic E-state index is 13.0. The van der Waals surface area contributed by atoms with Gasteiger partial charge in [-0.25, -0.2) is 4.39 Å². The van der Waals surface area contributed by atoms with E-state index in [4.69, 9.17) is 4.74 Å². The summed E-state index contributed by atoms with van der Waals surface area (Å²) >= 11 is 0. The largest absolute Gasteiger partial charge is 0.476 e. The Labute approximate surface area is 145 Å². The molecule has 0 saturated heterocycles. The maximum Gasteiger partial charge on any atom is 0.265 e. The molecule has 0 aromatic heterocycles. The van der Waals surface area contributed by atoms with Gasteiger partial charge in [-0.2, -0.15) is 0 Å². The van der Waals surface area contributed by atoms with Gasteiger partial charge in [-0.05, 0) is 29.8 Å². The van der Waals surface area contributed by atoms with Gasteiger partial charge >= 0.3 is 0 Å². The van der Waals surface area contributed by atoms with Crippen molar-refractivity contribution < 1.29 is 18.7 Å². The van der Waals surface area contributed by atoms with E-state index in [9.17, 15) is 14.0 Å². The van der Waals surface area contributed by atoms with Crippen molar-refractivity contribution in [1.29, 1.82) is 0 Å². The Balaban J connectivity index is 1.86. The van der Waals surface area contributed by atoms with E-state index < -0.39 is 6.10 Å². The van der Waals surface area contributed by atoms with Crippen LogP contribution in [0.25, 0.3) is 0 Å². The van der Waals surface area contributed by atoms with Gasteiger partial charge in [-0.15, -0.1) is 0 Å². The number of hydrogen-bond donors (Lipinski definition) is 0. The lowest BCUT2D eigenvalue weighted by Gasteiger charge is -2.35. The van der Waals surface area contributed by atoms with Crippen molar-refractivity contribution in [1.82, 2.24) is 4.90 Å². The molecular weight excluding hydrogens is 323 g/mol. The van der Waals surface area contributed by atoms with Gasteiger partial charge in [0, 0.05) is 14.1 Å². The molecule has 1 aliphatic rings. The van der Waals surface area contributed by atoms with Gasteiger partial charge in [-0.1, -0.05) is 24.3 Å². The lowest BCUT2D eigenvalue weighted by atomic mass is 10.1. The fraction of sp³-hybridized carbons (Fsp3) is 0.263. The molecule has 6 heteroatoms. The van der Waals surface area contributed by atoms with Gasteiger partial charge in [0.05, 0.1) is 18.7 Å². The predicted octanol–water partition coefficient (Wildman–Crippen LogP) is 2.25. The third-order valence-electron chi connectivity index (χ3n) is 4.06. The summed E-state index contributed by atoms with van der Waals surface area (Å²) in [7, 11) is 3.30. The number of fused-ring (bicyclic) bond motifs is 1. The highest BCUT2D eigenvalue weighted by Gasteiger charge is 2.34. The number of hydrogen-bond acceptors (Lipinski definition) is 3. The van der Waals surface area contributed by atoms with Crippen LogP contribution in [0.4, 0.5) is 10.1 Å². The molecule has 1 atom stereocenters. The van der Waals surface area contributed by atoms with Crippen LogP contribution >= 0.6 is 0 Å². The molecule has 0 fully saturated rings. The molecule has 2 aromatic carbocycles. The van der Waals surface area contributed by atoms with Crippen molar-refractivity contribution in [3.63, 3.8) is 0 Å². The number of rotatable bonds is 3. The maximum atomic E-state index is 13.0. The van der Waals surface area contributed by atoms with Gasteiger partial charge in [0.2, 0.25) is 5.91 Å². The van der Waals surface area contributed by atoms with Crippen LogP contribution in [0.15, 0.2) is 48.5 Å². The number of ether oxygens (including phenoxy) is 1. The summed E-state index contributed by atoms with van der Waals surface area (Å²) in [5.74, 6) is -0.209. The standard InChI is InChI=1S/C19H19FN2O3/c1-21(2)19(24)17-12-22(15-5-3-4-6-16(15)25-17)18(23)11-13-7-9-14(20)10-8-13/h3-10,17H,11-12H2,1-2H3. The molecule has 1 unspecified atom stereocenters. The number of nitrogens with zero attached hydrogens (tertiary/aromatic N) is 2. The van der Waals surface area contributed by atoms with Crippen LogP contribution in [0.2, 0.25) is 0 Å². The van der Waals surface area contributed by atoms with E-state index in [2.05, 4.69) is 0 Å². The number of anilines is 1. The van der Waals surface area contributed by atoms with Crippen molar-refractivity contribution in [2.45, 2.75) is 12.5 Å². The topological polar surface area (TPSA) is 49.9 Å². The fourth-order valence-corrected chi connectivity index (χ4v) is 2.76. The lowest BCUT2D eigenvalue weighted by molar-refractivity contribution is -0.136. The first kappa shape index (κ1) is 17.0. The molecular formula is C19H19FN2O3. The highest BCUT2D eigenvalue weighted by atomic mass is 19.1. The van der Waals surface area contributed by atoms with E-state index in [1.165, 1.54) is 17.0 Å². The molecule has 25 heavy (non-hydrogen) atoms. The zero-order valence-electron chi connectivity index (χ0n) is 14.1. The van der Waals surface area contributed by atoms with Crippen LogP contribution in [-0.4, -0.2) is 43.5 Å². The average molecular weight is 342 g/mol. The molecule has 1 heterocycles. The number of carbonyl (C=O) groups is 2. The van der Waals surface area contributed by atoms with Gasteiger partial charge < -0.3 is 14.5 Å². The lowest BCUT2D eigenvalue weighted by Crippen LogP contribution is -2.50. The molecule has 130 valence electrons. The number of carbonyl (C=O) groups excluding carboxylic acids is 2. The zero-order chi connectivity index (χ0) is 18.0. The minimum Gasteiger partial charge on any atom is -0.476 e. The van der Waals surface area contributed by atoms with E-state index in [1.54, 1.807) is 49.3 Å². The number of halogens is 1. The average Bonchev–Trinajstić information content (AvgIpc) is 2.61. The number of likely N-dealkylation sites (N-methyl/N-ethyl adjacent to an activating group) is 1. The Morgan fingerprint density at radius 3 is 2.52 bits per heavy atom. The number of para-hydroxylation sites is 2. The third kappa shape index (κ3) is 3.63. The van der Waals surface area contributed by atoms with Crippen molar-refractivity contribution in [2.24, 2.45) is 0 Å². The van der Waals surface area contributed by atoms with Gasteiger partial charge in [-0.3, -0.25) is 9.59 Å². The van der Waals surface area contributed by atoms with Crippen LogP contribution in [0.3, 0.4) is 0 Å². The van der Waals surface area contributed by atoms with E-state index >= 15 is 0 Å². The number of amides is 2. The minimum absolute atomic E-state index is 0.123. The summed E-state index contributed by atoms with van der Waals surface area (Å²) in [6, 6.07) is 13.0. The Kier molecular flexibility index (Phi) is 4.70. The predicted molar refractivity (Wildman–Crippen MR) is 92.0 cm³/mol. The van der Waals surface area contributed by atoms with Gasteiger partial charge in [0.15, 0.2) is 6.10 Å². The monoisotopic (exact) mass is 342 g/mol. The van der Waals surface area contributed by atoms with Crippen molar-refractivity contribution in [2.75, 3.05) is 25.5 Å². The SMILES string of the molecule is CN(C)C(=O)C1CN(C(=O)Cc2ccc(F)cc2)c2ccccc2O1. The Bertz CT molecular complexity index is 790. The first-order valence-corrected chi connectivity index (χ1v) is 7.97.